The minimum absolute atomic E-state index is 0.147. The van der Waals surface area contributed by atoms with Crippen molar-refractivity contribution in [3.63, 3.8) is 0 Å². The van der Waals surface area contributed by atoms with E-state index in [1.165, 1.54) is 4.90 Å². The Morgan fingerprint density at radius 2 is 1.59 bits per heavy atom. The highest BCUT2D eigenvalue weighted by molar-refractivity contribution is 9.10. The Hall–Kier alpha value is -2.47. The summed E-state index contributed by atoms with van der Waals surface area (Å²) in [5, 5.41) is 0. The fraction of sp³-hybridized carbons (Fsp3) is 0.0625. The predicted molar refractivity (Wildman–Crippen MR) is 83.5 cm³/mol. The van der Waals surface area contributed by atoms with E-state index in [0.717, 1.165) is 10.3 Å². The van der Waals surface area contributed by atoms with Crippen molar-refractivity contribution in [3.05, 3.63) is 70.1 Å². The minimum atomic E-state index is -0.274. The quantitative estimate of drug-likeness (QED) is 0.664. The first-order valence-corrected chi connectivity index (χ1v) is 7.53. The molecule has 0 bridgehead atoms. The van der Waals surface area contributed by atoms with Crippen molar-refractivity contribution >= 4 is 33.4 Å². The van der Waals surface area contributed by atoms with E-state index in [9.17, 15) is 9.59 Å². The Balaban J connectivity index is 1.74. The molecule has 0 radical (unpaired) electrons. The smallest absolute Gasteiger partial charge is 0.261 e. The lowest BCUT2D eigenvalue weighted by Gasteiger charge is -2.12. The van der Waals surface area contributed by atoms with E-state index in [0.29, 0.717) is 16.8 Å². The number of halogens is 1. The molecule has 2 amide bonds. The molecule has 0 spiro atoms. The molecule has 1 aliphatic heterocycles. The molecule has 2 aromatic heterocycles. The van der Waals surface area contributed by atoms with Gasteiger partial charge in [0, 0.05) is 6.20 Å². The molecule has 0 N–H and O–H groups in total. The van der Waals surface area contributed by atoms with Crippen molar-refractivity contribution in [1.29, 1.82) is 0 Å². The molecule has 3 heterocycles. The number of carbonyl (C=O) groups is 2. The summed E-state index contributed by atoms with van der Waals surface area (Å²) in [4.78, 5) is 30.5. The van der Waals surface area contributed by atoms with Crippen molar-refractivity contribution in [3.8, 4) is 0 Å². The monoisotopic (exact) mass is 355 g/mol. The van der Waals surface area contributed by atoms with Gasteiger partial charge in [-0.2, -0.15) is 0 Å². The van der Waals surface area contributed by atoms with Gasteiger partial charge < -0.3 is 0 Å². The second-order valence-electron chi connectivity index (χ2n) is 5.02. The Kier molecular flexibility index (Phi) is 2.87. The number of imide groups is 1. The number of benzene rings is 1. The maximum absolute atomic E-state index is 12.4. The predicted octanol–water partition coefficient (Wildman–Crippen LogP) is 2.89. The van der Waals surface area contributed by atoms with E-state index in [-0.39, 0.29) is 18.4 Å². The maximum Gasteiger partial charge on any atom is 0.261 e. The largest absolute Gasteiger partial charge is 0.294 e. The average molecular weight is 356 g/mol. The Bertz CT molecular complexity index is 897. The summed E-state index contributed by atoms with van der Waals surface area (Å²) in [7, 11) is 0. The first kappa shape index (κ1) is 13.2. The minimum Gasteiger partial charge on any atom is -0.294 e. The molecule has 0 aliphatic carbocycles. The summed E-state index contributed by atoms with van der Waals surface area (Å²) in [6, 6.07) is 12.5. The summed E-state index contributed by atoms with van der Waals surface area (Å²) in [5.74, 6) is -0.547. The van der Waals surface area contributed by atoms with Gasteiger partial charge in [0.05, 0.1) is 23.4 Å². The third kappa shape index (κ3) is 1.80. The average Bonchev–Trinajstić information content (AvgIpc) is 2.99. The van der Waals surface area contributed by atoms with Crippen LogP contribution in [0.25, 0.3) is 5.65 Å². The first-order chi connectivity index (χ1) is 10.7. The van der Waals surface area contributed by atoms with E-state index >= 15 is 0 Å². The fourth-order valence-electron chi connectivity index (χ4n) is 2.65. The molecule has 5 nitrogen and oxygen atoms in total. The Morgan fingerprint density at radius 3 is 2.23 bits per heavy atom. The zero-order valence-corrected chi connectivity index (χ0v) is 12.9. The number of aromatic nitrogens is 2. The van der Waals surface area contributed by atoms with Gasteiger partial charge in [-0.3, -0.25) is 18.9 Å². The van der Waals surface area contributed by atoms with E-state index < -0.39 is 0 Å². The molecule has 1 aromatic carbocycles. The molecule has 0 unspecified atom stereocenters. The second kappa shape index (κ2) is 4.78. The van der Waals surface area contributed by atoms with Gasteiger partial charge in [0.15, 0.2) is 0 Å². The Labute approximate surface area is 134 Å². The van der Waals surface area contributed by atoms with Gasteiger partial charge >= 0.3 is 0 Å². The van der Waals surface area contributed by atoms with Crippen molar-refractivity contribution in [2.75, 3.05) is 0 Å². The van der Waals surface area contributed by atoms with Gasteiger partial charge in [0.25, 0.3) is 11.8 Å². The molecule has 1 aliphatic rings. The van der Waals surface area contributed by atoms with Gasteiger partial charge in [-0.25, -0.2) is 4.98 Å². The van der Waals surface area contributed by atoms with Crippen LogP contribution in [0.15, 0.2) is 53.3 Å². The molecule has 6 heteroatoms. The van der Waals surface area contributed by atoms with Gasteiger partial charge in [-0.15, -0.1) is 0 Å². The van der Waals surface area contributed by atoms with Gasteiger partial charge in [-0.05, 0) is 40.2 Å². The van der Waals surface area contributed by atoms with Crippen LogP contribution in [0.3, 0.4) is 0 Å². The van der Waals surface area contributed by atoms with Crippen LogP contribution in [-0.2, 0) is 6.54 Å². The van der Waals surface area contributed by atoms with Gasteiger partial charge in [-0.1, -0.05) is 18.2 Å². The molecule has 22 heavy (non-hydrogen) atoms. The zero-order chi connectivity index (χ0) is 15.3. The molecule has 0 atom stereocenters. The highest BCUT2D eigenvalue weighted by Crippen LogP contribution is 2.26. The highest BCUT2D eigenvalue weighted by Gasteiger charge is 2.35. The SMILES string of the molecule is O=C1c2ccccc2C(=O)N1Cc1nc2ccccn2c1Br. The van der Waals surface area contributed by atoms with Crippen molar-refractivity contribution in [1.82, 2.24) is 14.3 Å². The van der Waals surface area contributed by atoms with E-state index in [1.54, 1.807) is 24.3 Å². The standard InChI is InChI=1S/C16H10BrN3O2/c17-14-12(18-13-7-3-4-8-19(13)14)9-20-15(21)10-5-1-2-6-11(10)16(20)22/h1-8H,9H2. The molecule has 3 aromatic rings. The van der Waals surface area contributed by atoms with E-state index in [2.05, 4.69) is 20.9 Å². The fourth-order valence-corrected chi connectivity index (χ4v) is 3.16. The van der Waals surface area contributed by atoms with Gasteiger partial charge in [0.1, 0.15) is 10.3 Å². The molecule has 0 saturated heterocycles. The first-order valence-electron chi connectivity index (χ1n) is 6.73. The summed E-state index contributed by atoms with van der Waals surface area (Å²) in [6.45, 7) is 0.147. The van der Waals surface area contributed by atoms with Crippen LogP contribution in [0.4, 0.5) is 0 Å². The van der Waals surface area contributed by atoms with Crippen LogP contribution in [0.5, 0.6) is 0 Å². The number of hydrogen-bond donors (Lipinski definition) is 0. The number of imidazole rings is 1. The highest BCUT2D eigenvalue weighted by atomic mass is 79.9. The van der Waals surface area contributed by atoms with Crippen molar-refractivity contribution in [2.24, 2.45) is 0 Å². The van der Waals surface area contributed by atoms with Crippen LogP contribution < -0.4 is 0 Å². The zero-order valence-electron chi connectivity index (χ0n) is 11.4. The number of nitrogens with zero attached hydrogens (tertiary/aromatic N) is 3. The summed E-state index contributed by atoms with van der Waals surface area (Å²) < 4.78 is 2.62. The second-order valence-corrected chi connectivity index (χ2v) is 5.77. The van der Waals surface area contributed by atoms with Crippen LogP contribution in [-0.4, -0.2) is 26.1 Å². The lowest BCUT2D eigenvalue weighted by molar-refractivity contribution is 0.0640. The molecular formula is C16H10BrN3O2. The number of amides is 2. The summed E-state index contributed by atoms with van der Waals surface area (Å²) in [5.41, 5.74) is 2.32. The molecule has 0 fully saturated rings. The van der Waals surface area contributed by atoms with Crippen molar-refractivity contribution < 1.29 is 9.59 Å². The van der Waals surface area contributed by atoms with Crippen molar-refractivity contribution in [2.45, 2.75) is 6.54 Å². The molecule has 4 rings (SSSR count). The molecular weight excluding hydrogens is 346 g/mol. The lowest BCUT2D eigenvalue weighted by atomic mass is 10.1. The molecule has 108 valence electrons. The molecule has 0 saturated carbocycles. The van der Waals surface area contributed by atoms with Crippen LogP contribution in [0.2, 0.25) is 0 Å². The third-order valence-electron chi connectivity index (χ3n) is 3.72. The number of hydrogen-bond acceptors (Lipinski definition) is 3. The van der Waals surface area contributed by atoms with Crippen LogP contribution >= 0.6 is 15.9 Å². The number of rotatable bonds is 2. The topological polar surface area (TPSA) is 54.7 Å². The summed E-state index contributed by atoms with van der Waals surface area (Å²) >= 11 is 3.49. The number of carbonyl (C=O) groups excluding carboxylic acids is 2. The maximum atomic E-state index is 12.4. The van der Waals surface area contributed by atoms with Gasteiger partial charge in [0.2, 0.25) is 0 Å². The van der Waals surface area contributed by atoms with Crippen LogP contribution in [0, 0.1) is 0 Å². The summed E-state index contributed by atoms with van der Waals surface area (Å²) in [6.07, 6.45) is 1.87. The van der Waals surface area contributed by atoms with E-state index in [4.69, 9.17) is 0 Å². The lowest BCUT2D eigenvalue weighted by Crippen LogP contribution is -2.29. The third-order valence-corrected chi connectivity index (χ3v) is 4.56. The number of pyridine rings is 1. The Morgan fingerprint density at radius 1 is 0.955 bits per heavy atom. The normalized spacial score (nSPS) is 14.0. The van der Waals surface area contributed by atoms with E-state index in [1.807, 2.05) is 28.8 Å². The van der Waals surface area contributed by atoms with Crippen LogP contribution in [0.1, 0.15) is 26.4 Å². The number of fused-ring (bicyclic) bond motifs is 2.